The molecule has 1 aromatic carbocycles. The predicted molar refractivity (Wildman–Crippen MR) is 70.7 cm³/mol. The Balaban J connectivity index is 2.46. The van der Waals surface area contributed by atoms with E-state index in [0.717, 1.165) is 10.9 Å². The molecule has 2 unspecified atom stereocenters. The van der Waals surface area contributed by atoms with Crippen molar-refractivity contribution in [3.05, 3.63) is 42.1 Å². The molecule has 18 heavy (non-hydrogen) atoms. The average molecular weight is 240 g/mol. The molecule has 0 saturated carbocycles. The number of fused-ring (bicyclic) bond motifs is 1. The summed E-state index contributed by atoms with van der Waals surface area (Å²) in [5, 5.41) is 20.5. The summed E-state index contributed by atoms with van der Waals surface area (Å²) in [4.78, 5) is 4.44. The Bertz CT molecular complexity index is 603. The molecule has 0 saturated heterocycles. The summed E-state index contributed by atoms with van der Waals surface area (Å²) in [6.07, 6.45) is -0.281. The zero-order valence-electron chi connectivity index (χ0n) is 10.6. The highest BCUT2D eigenvalue weighted by Gasteiger charge is 2.33. The number of hydrogen-bond acceptors (Lipinski definition) is 3. The summed E-state index contributed by atoms with van der Waals surface area (Å²) in [7, 11) is 0. The molecule has 0 spiro atoms. The molecule has 1 aromatic heterocycles. The minimum Gasteiger partial charge on any atom is -0.385 e. The number of para-hydroxylation sites is 1. The molecule has 0 bridgehead atoms. The molecule has 0 aliphatic rings. The minimum atomic E-state index is -0.864. The summed E-state index contributed by atoms with van der Waals surface area (Å²) >= 11 is 0. The monoisotopic (exact) mass is 240 g/mol. The van der Waals surface area contributed by atoms with Crippen molar-refractivity contribution in [1.82, 2.24) is 4.98 Å². The number of aliphatic hydroxyl groups is 1. The Morgan fingerprint density at radius 1 is 1.33 bits per heavy atom. The van der Waals surface area contributed by atoms with Gasteiger partial charge >= 0.3 is 0 Å². The molecule has 0 aliphatic heterocycles. The summed E-state index contributed by atoms with van der Waals surface area (Å²) in [6.45, 7) is 3.65. The largest absolute Gasteiger partial charge is 0.385 e. The van der Waals surface area contributed by atoms with E-state index in [1.807, 2.05) is 37.3 Å². The van der Waals surface area contributed by atoms with Crippen molar-refractivity contribution in [3.63, 3.8) is 0 Å². The fourth-order valence-corrected chi connectivity index (χ4v) is 1.89. The van der Waals surface area contributed by atoms with Gasteiger partial charge in [-0.3, -0.25) is 4.98 Å². The third kappa shape index (κ3) is 2.07. The fraction of sp³-hybridized carbons (Fsp3) is 0.333. The zero-order valence-corrected chi connectivity index (χ0v) is 10.6. The second kappa shape index (κ2) is 4.75. The number of benzene rings is 1. The molecule has 0 radical (unpaired) electrons. The van der Waals surface area contributed by atoms with Crippen LogP contribution in [0.4, 0.5) is 0 Å². The van der Waals surface area contributed by atoms with Gasteiger partial charge in [-0.05, 0) is 25.5 Å². The van der Waals surface area contributed by atoms with E-state index in [2.05, 4.69) is 11.1 Å². The van der Waals surface area contributed by atoms with E-state index in [1.165, 1.54) is 0 Å². The van der Waals surface area contributed by atoms with E-state index in [0.29, 0.717) is 12.1 Å². The van der Waals surface area contributed by atoms with Crippen LogP contribution in [0.15, 0.2) is 36.4 Å². The van der Waals surface area contributed by atoms with Gasteiger partial charge in [-0.2, -0.15) is 5.26 Å². The number of pyridine rings is 1. The lowest BCUT2D eigenvalue weighted by Crippen LogP contribution is -2.23. The first-order valence-electron chi connectivity index (χ1n) is 6.06. The third-order valence-corrected chi connectivity index (χ3v) is 3.49. The van der Waals surface area contributed by atoms with Crippen molar-refractivity contribution in [2.24, 2.45) is 5.41 Å². The average Bonchev–Trinajstić information content (AvgIpc) is 2.45. The van der Waals surface area contributed by atoms with Gasteiger partial charge in [0, 0.05) is 5.39 Å². The maximum absolute atomic E-state index is 10.3. The number of nitriles is 1. The summed E-state index contributed by atoms with van der Waals surface area (Å²) < 4.78 is 0. The second-order valence-corrected chi connectivity index (χ2v) is 4.71. The van der Waals surface area contributed by atoms with E-state index < -0.39 is 11.5 Å². The van der Waals surface area contributed by atoms with Gasteiger partial charge in [0.1, 0.15) is 6.10 Å². The number of aromatic nitrogens is 1. The van der Waals surface area contributed by atoms with Gasteiger partial charge in [0.25, 0.3) is 0 Å². The SMILES string of the molecule is CCC(C)(C#N)C(O)c1ccc2ccccc2n1. The Morgan fingerprint density at radius 2 is 2.06 bits per heavy atom. The molecule has 3 nitrogen and oxygen atoms in total. The van der Waals surface area contributed by atoms with Crippen molar-refractivity contribution >= 4 is 10.9 Å². The first kappa shape index (κ1) is 12.5. The third-order valence-electron chi connectivity index (χ3n) is 3.49. The van der Waals surface area contributed by atoms with Gasteiger partial charge in [0.15, 0.2) is 0 Å². The van der Waals surface area contributed by atoms with Crippen LogP contribution in [-0.2, 0) is 0 Å². The molecule has 92 valence electrons. The van der Waals surface area contributed by atoms with Gasteiger partial charge in [-0.15, -0.1) is 0 Å². The topological polar surface area (TPSA) is 56.9 Å². The molecule has 2 atom stereocenters. The smallest absolute Gasteiger partial charge is 0.114 e. The molecule has 2 rings (SSSR count). The lowest BCUT2D eigenvalue weighted by molar-refractivity contribution is 0.0687. The molecular weight excluding hydrogens is 224 g/mol. The highest BCUT2D eigenvalue weighted by molar-refractivity contribution is 5.78. The van der Waals surface area contributed by atoms with Crippen LogP contribution in [0, 0.1) is 16.7 Å². The van der Waals surface area contributed by atoms with Gasteiger partial charge in [0.2, 0.25) is 0 Å². The van der Waals surface area contributed by atoms with Crippen molar-refractivity contribution in [2.75, 3.05) is 0 Å². The van der Waals surface area contributed by atoms with Gasteiger partial charge in [0.05, 0.1) is 22.7 Å². The minimum absolute atomic E-state index is 0.555. The summed E-state index contributed by atoms with van der Waals surface area (Å²) in [6, 6.07) is 13.6. The van der Waals surface area contributed by atoms with E-state index in [4.69, 9.17) is 0 Å². The molecule has 3 heteroatoms. The predicted octanol–water partition coefficient (Wildman–Crippen LogP) is 3.21. The normalized spacial score (nSPS) is 15.9. The standard InChI is InChI=1S/C15H16N2O/c1-3-15(2,10-16)14(18)13-9-8-11-6-4-5-7-12(11)17-13/h4-9,14,18H,3H2,1-2H3. The maximum Gasteiger partial charge on any atom is 0.114 e. The Labute approximate surface area is 107 Å². The number of aliphatic hydroxyl groups excluding tert-OH is 1. The van der Waals surface area contributed by atoms with Crippen molar-refractivity contribution < 1.29 is 5.11 Å². The Hall–Kier alpha value is -1.92. The van der Waals surface area contributed by atoms with Crippen LogP contribution in [0.2, 0.25) is 0 Å². The molecule has 0 aliphatic carbocycles. The highest BCUT2D eigenvalue weighted by atomic mass is 16.3. The van der Waals surface area contributed by atoms with E-state index in [9.17, 15) is 10.4 Å². The molecule has 2 aromatic rings. The van der Waals surface area contributed by atoms with E-state index in [1.54, 1.807) is 13.0 Å². The highest BCUT2D eigenvalue weighted by Crippen LogP contribution is 2.35. The lowest BCUT2D eigenvalue weighted by Gasteiger charge is -2.25. The van der Waals surface area contributed by atoms with Crippen LogP contribution < -0.4 is 0 Å². The fourth-order valence-electron chi connectivity index (χ4n) is 1.89. The zero-order chi connectivity index (χ0) is 13.2. The summed E-state index contributed by atoms with van der Waals surface area (Å²) in [5.41, 5.74) is 0.597. The van der Waals surface area contributed by atoms with Gasteiger partial charge < -0.3 is 5.11 Å². The first-order valence-corrected chi connectivity index (χ1v) is 6.06. The number of rotatable bonds is 3. The second-order valence-electron chi connectivity index (χ2n) is 4.71. The van der Waals surface area contributed by atoms with Gasteiger partial charge in [-0.1, -0.05) is 31.2 Å². The van der Waals surface area contributed by atoms with Crippen LogP contribution in [0.1, 0.15) is 32.1 Å². The first-order chi connectivity index (χ1) is 8.60. The molecular formula is C15H16N2O. The maximum atomic E-state index is 10.3. The van der Waals surface area contributed by atoms with Crippen LogP contribution in [0.25, 0.3) is 10.9 Å². The summed E-state index contributed by atoms with van der Waals surface area (Å²) in [5.74, 6) is 0. The Kier molecular flexibility index (Phi) is 3.31. The van der Waals surface area contributed by atoms with Crippen molar-refractivity contribution in [2.45, 2.75) is 26.4 Å². The quantitative estimate of drug-likeness (QED) is 0.896. The van der Waals surface area contributed by atoms with Crippen molar-refractivity contribution in [1.29, 1.82) is 5.26 Å². The molecule has 1 N–H and O–H groups in total. The van der Waals surface area contributed by atoms with Crippen LogP contribution >= 0.6 is 0 Å². The number of nitrogens with zero attached hydrogens (tertiary/aromatic N) is 2. The lowest BCUT2D eigenvalue weighted by atomic mass is 9.81. The van der Waals surface area contributed by atoms with E-state index >= 15 is 0 Å². The molecule has 1 heterocycles. The van der Waals surface area contributed by atoms with Crippen molar-refractivity contribution in [3.8, 4) is 6.07 Å². The van der Waals surface area contributed by atoms with Crippen LogP contribution in [0.5, 0.6) is 0 Å². The Morgan fingerprint density at radius 3 is 2.72 bits per heavy atom. The number of hydrogen-bond donors (Lipinski definition) is 1. The van der Waals surface area contributed by atoms with Crippen LogP contribution in [0.3, 0.4) is 0 Å². The van der Waals surface area contributed by atoms with Crippen LogP contribution in [-0.4, -0.2) is 10.1 Å². The molecule has 0 amide bonds. The molecule has 0 fully saturated rings. The van der Waals surface area contributed by atoms with E-state index in [-0.39, 0.29) is 0 Å². The van der Waals surface area contributed by atoms with Gasteiger partial charge in [-0.25, -0.2) is 0 Å².